The summed E-state index contributed by atoms with van der Waals surface area (Å²) in [5.74, 6) is -0.360. The highest BCUT2D eigenvalue weighted by Gasteiger charge is 2.20. The van der Waals surface area contributed by atoms with Crippen LogP contribution >= 0.6 is 0 Å². The number of amides is 1. The standard InChI is InChI=1S/C15H18N4O3S/c1-23(21,22)19(11-14-4-8-17-9-5-14)12-15(20)18-10-13-2-6-16-7-3-13/h2-9H,10-12H2,1H3,(H,18,20). The highest BCUT2D eigenvalue weighted by molar-refractivity contribution is 7.88. The smallest absolute Gasteiger partial charge is 0.235 e. The van der Waals surface area contributed by atoms with Gasteiger partial charge in [-0.1, -0.05) is 0 Å². The Bertz CT molecular complexity index is 736. The molecule has 1 amide bonds. The van der Waals surface area contributed by atoms with Gasteiger partial charge >= 0.3 is 0 Å². The highest BCUT2D eigenvalue weighted by atomic mass is 32.2. The summed E-state index contributed by atoms with van der Waals surface area (Å²) in [6.45, 7) is 0.227. The van der Waals surface area contributed by atoms with Crippen LogP contribution in [0.15, 0.2) is 49.1 Å². The third kappa shape index (κ3) is 5.76. The molecule has 0 aliphatic carbocycles. The lowest BCUT2D eigenvalue weighted by atomic mass is 10.2. The highest BCUT2D eigenvalue weighted by Crippen LogP contribution is 2.07. The average Bonchev–Trinajstić information content (AvgIpc) is 2.53. The maximum absolute atomic E-state index is 12.0. The fourth-order valence-corrected chi connectivity index (χ4v) is 2.63. The van der Waals surface area contributed by atoms with Crippen molar-refractivity contribution in [1.29, 1.82) is 0 Å². The molecule has 2 heterocycles. The maximum Gasteiger partial charge on any atom is 0.235 e. The van der Waals surface area contributed by atoms with Gasteiger partial charge < -0.3 is 5.32 Å². The van der Waals surface area contributed by atoms with Crippen molar-refractivity contribution in [2.45, 2.75) is 13.1 Å². The normalized spacial score (nSPS) is 11.4. The molecule has 0 spiro atoms. The van der Waals surface area contributed by atoms with Gasteiger partial charge in [-0.2, -0.15) is 4.31 Å². The number of nitrogens with one attached hydrogen (secondary N) is 1. The van der Waals surface area contributed by atoms with Gasteiger partial charge in [-0.3, -0.25) is 14.8 Å². The third-order valence-corrected chi connectivity index (χ3v) is 4.33. The third-order valence-electron chi connectivity index (χ3n) is 3.14. The van der Waals surface area contributed by atoms with Crippen LogP contribution in [0.25, 0.3) is 0 Å². The summed E-state index contributed by atoms with van der Waals surface area (Å²) in [6.07, 6.45) is 7.52. The Morgan fingerprint density at radius 1 is 1.04 bits per heavy atom. The quantitative estimate of drug-likeness (QED) is 0.798. The number of nitrogens with zero attached hydrogens (tertiary/aromatic N) is 3. The second kappa shape index (κ2) is 7.80. The Kier molecular flexibility index (Phi) is 5.78. The molecule has 0 saturated heterocycles. The van der Waals surface area contributed by atoms with E-state index in [1.54, 1.807) is 49.1 Å². The van der Waals surface area contributed by atoms with Gasteiger partial charge in [-0.05, 0) is 35.4 Å². The second-order valence-corrected chi connectivity index (χ2v) is 7.00. The Balaban J connectivity index is 1.96. The van der Waals surface area contributed by atoms with Gasteiger partial charge in [0.05, 0.1) is 12.8 Å². The SMILES string of the molecule is CS(=O)(=O)N(CC(=O)NCc1ccncc1)Cc1ccncc1. The van der Waals surface area contributed by atoms with Crippen LogP contribution in [0.5, 0.6) is 0 Å². The number of hydrogen-bond acceptors (Lipinski definition) is 5. The fourth-order valence-electron chi connectivity index (χ4n) is 1.90. The van der Waals surface area contributed by atoms with E-state index < -0.39 is 10.0 Å². The van der Waals surface area contributed by atoms with Crippen molar-refractivity contribution in [2.75, 3.05) is 12.8 Å². The molecule has 0 bridgehead atoms. The van der Waals surface area contributed by atoms with E-state index >= 15 is 0 Å². The molecule has 2 rings (SSSR count). The first kappa shape index (κ1) is 17.0. The molecular weight excluding hydrogens is 316 g/mol. The molecule has 0 saturated carbocycles. The van der Waals surface area contributed by atoms with Gasteiger partial charge in [0.1, 0.15) is 0 Å². The predicted molar refractivity (Wildman–Crippen MR) is 85.6 cm³/mol. The summed E-state index contributed by atoms with van der Waals surface area (Å²) in [5.41, 5.74) is 1.67. The Hall–Kier alpha value is -2.32. The first-order valence-corrected chi connectivity index (χ1v) is 8.79. The summed E-state index contributed by atoms with van der Waals surface area (Å²) < 4.78 is 24.9. The second-order valence-electron chi connectivity index (χ2n) is 5.02. The van der Waals surface area contributed by atoms with Crippen molar-refractivity contribution < 1.29 is 13.2 Å². The number of aromatic nitrogens is 2. The van der Waals surface area contributed by atoms with Crippen LogP contribution in [0.3, 0.4) is 0 Å². The van der Waals surface area contributed by atoms with E-state index in [4.69, 9.17) is 0 Å². The van der Waals surface area contributed by atoms with Gasteiger partial charge in [-0.15, -0.1) is 0 Å². The molecule has 0 radical (unpaired) electrons. The number of pyridine rings is 2. The Morgan fingerprint density at radius 3 is 2.09 bits per heavy atom. The van der Waals surface area contributed by atoms with Crippen LogP contribution in [-0.4, -0.2) is 41.4 Å². The van der Waals surface area contributed by atoms with Crippen molar-refractivity contribution in [1.82, 2.24) is 19.6 Å². The van der Waals surface area contributed by atoms with Crippen LogP contribution in [0.1, 0.15) is 11.1 Å². The summed E-state index contributed by atoms with van der Waals surface area (Å²) in [7, 11) is -3.50. The summed E-state index contributed by atoms with van der Waals surface area (Å²) >= 11 is 0. The molecule has 0 aliphatic rings. The first-order chi connectivity index (χ1) is 10.9. The molecule has 8 heteroatoms. The van der Waals surface area contributed by atoms with Crippen LogP contribution in [0.2, 0.25) is 0 Å². The molecule has 1 N–H and O–H groups in total. The minimum Gasteiger partial charge on any atom is -0.351 e. The lowest BCUT2D eigenvalue weighted by molar-refractivity contribution is -0.121. The monoisotopic (exact) mass is 334 g/mol. The zero-order valence-corrected chi connectivity index (χ0v) is 13.5. The molecule has 122 valence electrons. The minimum atomic E-state index is -3.50. The summed E-state index contributed by atoms with van der Waals surface area (Å²) in [4.78, 5) is 19.8. The van der Waals surface area contributed by atoms with Gasteiger partial charge in [0.2, 0.25) is 15.9 Å². The van der Waals surface area contributed by atoms with Gasteiger partial charge in [0.15, 0.2) is 0 Å². The van der Waals surface area contributed by atoms with E-state index in [1.807, 2.05) is 0 Å². The van der Waals surface area contributed by atoms with E-state index in [1.165, 1.54) is 0 Å². The molecule has 2 aromatic heterocycles. The van der Waals surface area contributed by atoms with E-state index in [-0.39, 0.29) is 19.0 Å². The largest absolute Gasteiger partial charge is 0.351 e. The molecule has 0 fully saturated rings. The summed E-state index contributed by atoms with van der Waals surface area (Å²) in [6, 6.07) is 7.00. The van der Waals surface area contributed by atoms with Crippen LogP contribution in [0.4, 0.5) is 0 Å². The van der Waals surface area contributed by atoms with Gasteiger partial charge in [0, 0.05) is 37.9 Å². The average molecular weight is 334 g/mol. The molecule has 2 aromatic rings. The Labute approximate surface area is 135 Å². The van der Waals surface area contributed by atoms with Gasteiger partial charge in [0.25, 0.3) is 0 Å². The number of hydrogen-bond donors (Lipinski definition) is 1. The molecule has 0 aromatic carbocycles. The zero-order valence-electron chi connectivity index (χ0n) is 12.7. The number of carbonyl (C=O) groups is 1. The number of carbonyl (C=O) groups excluding carboxylic acids is 1. The van der Waals surface area contributed by atoms with Gasteiger partial charge in [-0.25, -0.2) is 8.42 Å². The van der Waals surface area contributed by atoms with E-state index in [2.05, 4.69) is 15.3 Å². The van der Waals surface area contributed by atoms with Crippen LogP contribution < -0.4 is 5.32 Å². The molecule has 0 aliphatic heterocycles. The lowest BCUT2D eigenvalue weighted by Crippen LogP contribution is -2.39. The van der Waals surface area contributed by atoms with Crippen molar-refractivity contribution in [3.63, 3.8) is 0 Å². The van der Waals surface area contributed by atoms with Crippen LogP contribution in [0, 0.1) is 0 Å². The first-order valence-electron chi connectivity index (χ1n) is 6.95. The number of sulfonamides is 1. The van der Waals surface area contributed by atoms with E-state index in [0.717, 1.165) is 21.7 Å². The van der Waals surface area contributed by atoms with Crippen molar-refractivity contribution >= 4 is 15.9 Å². The van der Waals surface area contributed by atoms with E-state index in [9.17, 15) is 13.2 Å². The van der Waals surface area contributed by atoms with E-state index in [0.29, 0.717) is 6.54 Å². The summed E-state index contributed by atoms with van der Waals surface area (Å²) in [5, 5.41) is 2.70. The van der Waals surface area contributed by atoms with Crippen molar-refractivity contribution in [3.8, 4) is 0 Å². The lowest BCUT2D eigenvalue weighted by Gasteiger charge is -2.19. The fraction of sp³-hybridized carbons (Fsp3) is 0.267. The Morgan fingerprint density at radius 2 is 1.57 bits per heavy atom. The number of rotatable bonds is 7. The van der Waals surface area contributed by atoms with Crippen molar-refractivity contribution in [2.24, 2.45) is 0 Å². The van der Waals surface area contributed by atoms with Crippen LogP contribution in [-0.2, 0) is 27.9 Å². The molecule has 0 unspecified atom stereocenters. The molecule has 0 atom stereocenters. The molecular formula is C15H18N4O3S. The molecule has 23 heavy (non-hydrogen) atoms. The van der Waals surface area contributed by atoms with Crippen molar-refractivity contribution in [3.05, 3.63) is 60.2 Å². The minimum absolute atomic E-state index is 0.129. The maximum atomic E-state index is 12.0. The zero-order chi connectivity index (χ0) is 16.7. The molecule has 7 nitrogen and oxygen atoms in total. The topological polar surface area (TPSA) is 92.3 Å². The predicted octanol–water partition coefficient (Wildman–Crippen LogP) is 0.555.